The predicted molar refractivity (Wildman–Crippen MR) is 90.3 cm³/mol. The number of halogens is 1. The summed E-state index contributed by atoms with van der Waals surface area (Å²) >= 11 is 1.97. The molecule has 0 heterocycles. The van der Waals surface area contributed by atoms with Crippen LogP contribution in [0, 0.1) is 0 Å². The third-order valence-corrected chi connectivity index (χ3v) is 4.36. The summed E-state index contributed by atoms with van der Waals surface area (Å²) in [6.07, 6.45) is 0.645. The first-order valence-electron chi connectivity index (χ1n) is 6.73. The van der Waals surface area contributed by atoms with Gasteiger partial charge < -0.3 is 14.6 Å². The maximum absolute atomic E-state index is 11.7. The van der Waals surface area contributed by atoms with Crippen LogP contribution in [0.15, 0.2) is 36.4 Å². The number of alkyl halides is 1. The molecule has 0 radical (unpaired) electrons. The number of fused-ring (bicyclic) bond motifs is 1. The van der Waals surface area contributed by atoms with Crippen molar-refractivity contribution in [1.82, 2.24) is 0 Å². The van der Waals surface area contributed by atoms with Crippen LogP contribution in [0.1, 0.15) is 13.3 Å². The third kappa shape index (κ3) is 4.33. The van der Waals surface area contributed by atoms with Gasteiger partial charge in [-0.2, -0.15) is 0 Å². The standard InChI is InChI=1S/C16H15IO5/c1-2-14(17)16(20)21-9-15(19)22-13-6-4-10-7-12(18)5-3-11(10)8-13/h3-8,14,18H,2,9H2,1H3. The van der Waals surface area contributed by atoms with Crippen molar-refractivity contribution in [2.45, 2.75) is 17.3 Å². The molecule has 0 aliphatic rings. The van der Waals surface area contributed by atoms with Crippen LogP contribution in [0.3, 0.4) is 0 Å². The number of aromatic hydroxyl groups is 1. The molecule has 1 unspecified atom stereocenters. The molecule has 1 N–H and O–H groups in total. The fourth-order valence-corrected chi connectivity index (χ4v) is 2.00. The maximum atomic E-state index is 11.7. The summed E-state index contributed by atoms with van der Waals surface area (Å²) in [5.41, 5.74) is 0. The Balaban J connectivity index is 1.97. The zero-order valence-corrected chi connectivity index (χ0v) is 14.1. The second-order valence-corrected chi connectivity index (χ2v) is 6.15. The average molecular weight is 414 g/mol. The molecule has 2 aromatic carbocycles. The zero-order valence-electron chi connectivity index (χ0n) is 11.9. The Kier molecular flexibility index (Phi) is 5.59. The van der Waals surface area contributed by atoms with Crippen molar-refractivity contribution in [3.63, 3.8) is 0 Å². The van der Waals surface area contributed by atoms with Crippen LogP contribution in [-0.4, -0.2) is 27.6 Å². The van der Waals surface area contributed by atoms with Gasteiger partial charge in [0.05, 0.1) is 0 Å². The van der Waals surface area contributed by atoms with Crippen molar-refractivity contribution in [3.05, 3.63) is 36.4 Å². The van der Waals surface area contributed by atoms with E-state index in [-0.39, 0.29) is 9.67 Å². The summed E-state index contributed by atoms with van der Waals surface area (Å²) in [5.74, 6) is -0.519. The molecule has 2 aromatic rings. The number of carbonyl (C=O) groups excluding carboxylic acids is 2. The van der Waals surface area contributed by atoms with Crippen LogP contribution in [0.4, 0.5) is 0 Å². The summed E-state index contributed by atoms with van der Waals surface area (Å²) in [5, 5.41) is 11.1. The lowest BCUT2D eigenvalue weighted by Gasteiger charge is -2.08. The topological polar surface area (TPSA) is 72.8 Å². The maximum Gasteiger partial charge on any atom is 0.349 e. The Labute approximate surface area is 141 Å². The van der Waals surface area contributed by atoms with Gasteiger partial charge in [0.2, 0.25) is 0 Å². The molecule has 0 bridgehead atoms. The minimum Gasteiger partial charge on any atom is -0.508 e. The van der Waals surface area contributed by atoms with Crippen molar-refractivity contribution >= 4 is 45.3 Å². The van der Waals surface area contributed by atoms with E-state index in [4.69, 9.17) is 9.47 Å². The highest BCUT2D eigenvalue weighted by molar-refractivity contribution is 14.1. The molecule has 0 aliphatic heterocycles. The Morgan fingerprint density at radius 2 is 1.86 bits per heavy atom. The first-order valence-corrected chi connectivity index (χ1v) is 7.98. The highest BCUT2D eigenvalue weighted by Gasteiger charge is 2.16. The SMILES string of the molecule is CCC(I)C(=O)OCC(=O)Oc1ccc2cc(O)ccc2c1. The molecule has 1 atom stereocenters. The molecule has 0 aliphatic carbocycles. The molecule has 0 aromatic heterocycles. The number of ether oxygens (including phenoxy) is 2. The Bertz CT molecular complexity index is 698. The van der Waals surface area contributed by atoms with Gasteiger partial charge in [-0.1, -0.05) is 41.6 Å². The molecule has 0 spiro atoms. The van der Waals surface area contributed by atoms with Gasteiger partial charge in [0.25, 0.3) is 0 Å². The van der Waals surface area contributed by atoms with Gasteiger partial charge in [-0.25, -0.2) is 4.79 Å². The number of rotatable bonds is 5. The van der Waals surface area contributed by atoms with Gasteiger partial charge in [-0.05, 0) is 41.5 Å². The molecule has 116 valence electrons. The van der Waals surface area contributed by atoms with Gasteiger partial charge in [0, 0.05) is 0 Å². The Morgan fingerprint density at radius 1 is 1.18 bits per heavy atom. The second-order valence-electron chi connectivity index (χ2n) is 4.65. The number of hydrogen-bond acceptors (Lipinski definition) is 5. The molecule has 2 rings (SSSR count). The zero-order chi connectivity index (χ0) is 16.1. The van der Waals surface area contributed by atoms with Crippen LogP contribution < -0.4 is 4.74 Å². The largest absolute Gasteiger partial charge is 0.508 e. The second kappa shape index (κ2) is 7.44. The number of benzene rings is 2. The smallest absolute Gasteiger partial charge is 0.349 e. The summed E-state index contributed by atoms with van der Waals surface area (Å²) in [4.78, 5) is 23.2. The third-order valence-electron chi connectivity index (χ3n) is 2.97. The van der Waals surface area contributed by atoms with Crippen molar-refractivity contribution < 1.29 is 24.2 Å². The fraction of sp³-hybridized carbons (Fsp3) is 0.250. The minimum absolute atomic E-state index is 0.174. The highest BCUT2D eigenvalue weighted by atomic mass is 127. The average Bonchev–Trinajstić information content (AvgIpc) is 2.52. The number of esters is 2. The number of phenolic OH excluding ortho intramolecular Hbond substituents is 1. The molecule has 5 nitrogen and oxygen atoms in total. The summed E-state index contributed by atoms with van der Waals surface area (Å²) in [6.45, 7) is 1.45. The molecule has 6 heteroatoms. The lowest BCUT2D eigenvalue weighted by molar-refractivity contribution is -0.153. The number of carbonyl (C=O) groups is 2. The fourth-order valence-electron chi connectivity index (χ4n) is 1.82. The van der Waals surface area contributed by atoms with E-state index in [1.54, 1.807) is 36.4 Å². The van der Waals surface area contributed by atoms with E-state index in [0.29, 0.717) is 12.2 Å². The Hall–Kier alpha value is -1.83. The first-order chi connectivity index (χ1) is 10.5. The van der Waals surface area contributed by atoms with Gasteiger partial charge >= 0.3 is 11.9 Å². The minimum atomic E-state index is -0.633. The van der Waals surface area contributed by atoms with Crippen molar-refractivity contribution in [2.75, 3.05) is 6.61 Å². The predicted octanol–water partition coefficient (Wildman–Crippen LogP) is 3.21. The monoisotopic (exact) mass is 414 g/mol. The van der Waals surface area contributed by atoms with Crippen molar-refractivity contribution in [2.24, 2.45) is 0 Å². The summed E-state index contributed by atoms with van der Waals surface area (Å²) in [7, 11) is 0. The molecular weight excluding hydrogens is 399 g/mol. The van der Waals surface area contributed by atoms with E-state index >= 15 is 0 Å². The van der Waals surface area contributed by atoms with Gasteiger partial charge in [0.15, 0.2) is 6.61 Å². The normalized spacial score (nSPS) is 11.9. The van der Waals surface area contributed by atoms with E-state index in [1.807, 2.05) is 29.5 Å². The van der Waals surface area contributed by atoms with Crippen molar-refractivity contribution in [1.29, 1.82) is 0 Å². The lowest BCUT2D eigenvalue weighted by atomic mass is 10.1. The van der Waals surface area contributed by atoms with Gasteiger partial charge in [-0.3, -0.25) is 4.79 Å². The van der Waals surface area contributed by atoms with Crippen LogP contribution >= 0.6 is 22.6 Å². The van der Waals surface area contributed by atoms with Crippen molar-refractivity contribution in [3.8, 4) is 11.5 Å². The quantitative estimate of drug-likeness (QED) is 0.352. The summed E-state index contributed by atoms with van der Waals surface area (Å²) < 4.78 is 9.75. The molecule has 22 heavy (non-hydrogen) atoms. The van der Waals surface area contributed by atoms with Crippen LogP contribution in [0.2, 0.25) is 0 Å². The van der Waals surface area contributed by atoms with E-state index in [9.17, 15) is 14.7 Å². The first kappa shape index (κ1) is 16.5. The van der Waals surface area contributed by atoms with E-state index in [1.165, 1.54) is 0 Å². The number of phenols is 1. The van der Waals surface area contributed by atoms with E-state index in [0.717, 1.165) is 10.8 Å². The summed E-state index contributed by atoms with van der Waals surface area (Å²) in [6, 6.07) is 9.94. The molecule has 0 saturated heterocycles. The van der Waals surface area contributed by atoms with Crippen LogP contribution in [-0.2, 0) is 14.3 Å². The molecule has 0 saturated carbocycles. The van der Waals surface area contributed by atoms with Crippen LogP contribution in [0.25, 0.3) is 10.8 Å². The lowest BCUT2D eigenvalue weighted by Crippen LogP contribution is -2.23. The van der Waals surface area contributed by atoms with E-state index < -0.39 is 18.5 Å². The van der Waals surface area contributed by atoms with Gasteiger partial charge in [-0.15, -0.1) is 0 Å². The highest BCUT2D eigenvalue weighted by Crippen LogP contribution is 2.24. The number of hydrogen-bond donors (Lipinski definition) is 1. The molecule has 0 amide bonds. The van der Waals surface area contributed by atoms with E-state index in [2.05, 4.69) is 0 Å². The molecular formula is C16H15IO5. The molecule has 0 fully saturated rings. The Morgan fingerprint density at radius 3 is 2.59 bits per heavy atom. The van der Waals surface area contributed by atoms with Crippen LogP contribution in [0.5, 0.6) is 11.5 Å². The van der Waals surface area contributed by atoms with Gasteiger partial charge in [0.1, 0.15) is 15.4 Å².